The first-order valence-corrected chi connectivity index (χ1v) is 7.39. The third-order valence-electron chi connectivity index (χ3n) is 4.50. The summed E-state index contributed by atoms with van der Waals surface area (Å²) in [5.74, 6) is 0. The van der Waals surface area contributed by atoms with Crippen molar-refractivity contribution in [2.45, 2.75) is 25.9 Å². The highest BCUT2D eigenvalue weighted by atomic mass is 16.6. The molecule has 0 spiro atoms. The van der Waals surface area contributed by atoms with Gasteiger partial charge in [0.2, 0.25) is 0 Å². The Morgan fingerprint density at radius 2 is 2.10 bits per heavy atom. The average Bonchev–Trinajstić information content (AvgIpc) is 2.37. The molecule has 0 unspecified atom stereocenters. The molecule has 0 aliphatic carbocycles. The van der Waals surface area contributed by atoms with Gasteiger partial charge in [-0.15, -0.1) is 0 Å². The van der Waals surface area contributed by atoms with Gasteiger partial charge in [-0.2, -0.15) is 0 Å². The van der Waals surface area contributed by atoms with Crippen LogP contribution >= 0.6 is 0 Å². The molecule has 2 saturated heterocycles. The third kappa shape index (κ3) is 2.73. The summed E-state index contributed by atoms with van der Waals surface area (Å²) in [5.41, 5.74) is 2.24. The van der Waals surface area contributed by atoms with E-state index < -0.39 is 0 Å². The number of ether oxygens (including phenoxy) is 1. The molecule has 2 aliphatic rings. The van der Waals surface area contributed by atoms with Crippen molar-refractivity contribution < 1.29 is 9.66 Å². The largest absolute Gasteiger partial charge is 0.378 e. The van der Waals surface area contributed by atoms with Crippen molar-refractivity contribution in [1.82, 2.24) is 4.90 Å². The SMILES string of the molecule is Cc1cc([N+](=O)[O-])ccc1N1CCN(C2COC2)C[C@@H]1C. The van der Waals surface area contributed by atoms with Gasteiger partial charge in [0.15, 0.2) is 0 Å². The molecule has 0 saturated carbocycles. The second-order valence-corrected chi connectivity index (χ2v) is 5.96. The summed E-state index contributed by atoms with van der Waals surface area (Å²) >= 11 is 0. The van der Waals surface area contributed by atoms with Crippen molar-refractivity contribution in [3.8, 4) is 0 Å². The number of non-ortho nitro benzene ring substituents is 1. The monoisotopic (exact) mass is 291 g/mol. The molecule has 0 bridgehead atoms. The predicted octanol–water partition coefficient (Wildman–Crippen LogP) is 1.81. The summed E-state index contributed by atoms with van der Waals surface area (Å²) in [6.45, 7) is 8.86. The standard InChI is InChI=1S/C15H21N3O3/c1-11-7-13(18(19)20)3-4-15(11)17-6-5-16(8-12(17)2)14-9-21-10-14/h3-4,7,12,14H,5-6,8-10H2,1-2H3/t12-/m0/s1. The van der Waals surface area contributed by atoms with Crippen molar-refractivity contribution in [2.75, 3.05) is 37.7 Å². The van der Waals surface area contributed by atoms with Crippen LogP contribution in [0.5, 0.6) is 0 Å². The van der Waals surface area contributed by atoms with Crippen LogP contribution in [0.1, 0.15) is 12.5 Å². The molecular weight excluding hydrogens is 270 g/mol. The molecule has 0 N–H and O–H groups in total. The first-order valence-electron chi connectivity index (χ1n) is 7.39. The normalized spacial score (nSPS) is 23.9. The number of hydrogen-bond acceptors (Lipinski definition) is 5. The second-order valence-electron chi connectivity index (χ2n) is 5.96. The Bertz CT molecular complexity index is 545. The maximum atomic E-state index is 10.8. The molecular formula is C15H21N3O3. The fourth-order valence-corrected chi connectivity index (χ4v) is 3.18. The minimum atomic E-state index is -0.339. The Balaban J connectivity index is 1.73. The van der Waals surface area contributed by atoms with Crippen LogP contribution in [0.25, 0.3) is 0 Å². The van der Waals surface area contributed by atoms with Crippen LogP contribution < -0.4 is 4.90 Å². The molecule has 2 heterocycles. The van der Waals surface area contributed by atoms with Crippen molar-refractivity contribution >= 4 is 11.4 Å². The number of anilines is 1. The second kappa shape index (κ2) is 5.61. The first kappa shape index (κ1) is 14.3. The van der Waals surface area contributed by atoms with E-state index in [1.165, 1.54) is 0 Å². The van der Waals surface area contributed by atoms with Crippen LogP contribution in [-0.2, 0) is 4.74 Å². The van der Waals surface area contributed by atoms with Gasteiger partial charge in [-0.05, 0) is 25.5 Å². The number of hydrogen-bond donors (Lipinski definition) is 0. The zero-order valence-electron chi connectivity index (χ0n) is 12.5. The number of rotatable bonds is 3. The highest BCUT2D eigenvalue weighted by molar-refractivity contribution is 5.58. The van der Waals surface area contributed by atoms with E-state index in [2.05, 4.69) is 16.7 Å². The lowest BCUT2D eigenvalue weighted by atomic mass is 10.1. The fourth-order valence-electron chi connectivity index (χ4n) is 3.18. The zero-order valence-corrected chi connectivity index (χ0v) is 12.5. The molecule has 0 aromatic heterocycles. The number of nitro groups is 1. The Morgan fingerprint density at radius 3 is 2.62 bits per heavy atom. The van der Waals surface area contributed by atoms with E-state index in [1.807, 2.05) is 13.0 Å². The molecule has 1 aromatic rings. The van der Waals surface area contributed by atoms with Gasteiger partial charge in [0, 0.05) is 43.5 Å². The summed E-state index contributed by atoms with van der Waals surface area (Å²) in [4.78, 5) is 15.3. The number of benzene rings is 1. The average molecular weight is 291 g/mol. The molecule has 21 heavy (non-hydrogen) atoms. The van der Waals surface area contributed by atoms with Crippen LogP contribution in [0, 0.1) is 17.0 Å². The lowest BCUT2D eigenvalue weighted by Gasteiger charge is -2.46. The molecule has 6 nitrogen and oxygen atoms in total. The third-order valence-corrected chi connectivity index (χ3v) is 4.50. The van der Waals surface area contributed by atoms with Crippen LogP contribution in [0.4, 0.5) is 11.4 Å². The highest BCUT2D eigenvalue weighted by Crippen LogP contribution is 2.28. The minimum Gasteiger partial charge on any atom is -0.378 e. The van der Waals surface area contributed by atoms with E-state index in [0.717, 1.165) is 44.1 Å². The summed E-state index contributed by atoms with van der Waals surface area (Å²) in [6.07, 6.45) is 0. The molecule has 114 valence electrons. The molecule has 6 heteroatoms. The van der Waals surface area contributed by atoms with Crippen LogP contribution in [0.15, 0.2) is 18.2 Å². The number of nitrogens with zero attached hydrogens (tertiary/aromatic N) is 3. The van der Waals surface area contributed by atoms with E-state index in [4.69, 9.17) is 4.74 Å². The van der Waals surface area contributed by atoms with Crippen molar-refractivity contribution in [2.24, 2.45) is 0 Å². The first-order chi connectivity index (χ1) is 10.1. The minimum absolute atomic E-state index is 0.161. The van der Waals surface area contributed by atoms with Gasteiger partial charge >= 0.3 is 0 Å². The molecule has 3 rings (SSSR count). The van der Waals surface area contributed by atoms with Crippen molar-refractivity contribution in [3.05, 3.63) is 33.9 Å². The van der Waals surface area contributed by atoms with E-state index >= 15 is 0 Å². The van der Waals surface area contributed by atoms with Gasteiger partial charge < -0.3 is 9.64 Å². The molecule has 2 fully saturated rings. The van der Waals surface area contributed by atoms with Crippen molar-refractivity contribution in [3.63, 3.8) is 0 Å². The lowest BCUT2D eigenvalue weighted by Crippen LogP contribution is -2.59. The van der Waals surface area contributed by atoms with E-state index in [0.29, 0.717) is 12.1 Å². The van der Waals surface area contributed by atoms with Crippen LogP contribution in [0.2, 0.25) is 0 Å². The predicted molar refractivity (Wildman–Crippen MR) is 80.8 cm³/mol. The Hall–Kier alpha value is -1.66. The smallest absolute Gasteiger partial charge is 0.269 e. The fraction of sp³-hybridized carbons (Fsp3) is 0.600. The van der Waals surface area contributed by atoms with Gasteiger partial charge in [-0.3, -0.25) is 15.0 Å². The summed E-state index contributed by atoms with van der Waals surface area (Å²) in [7, 11) is 0. The maximum absolute atomic E-state index is 10.8. The van der Waals surface area contributed by atoms with Gasteiger partial charge in [0.05, 0.1) is 24.2 Å². The molecule has 1 atom stereocenters. The molecule has 0 radical (unpaired) electrons. The van der Waals surface area contributed by atoms with E-state index in [1.54, 1.807) is 12.1 Å². The van der Waals surface area contributed by atoms with Gasteiger partial charge in [-0.1, -0.05) is 0 Å². The van der Waals surface area contributed by atoms with Crippen LogP contribution in [0.3, 0.4) is 0 Å². The summed E-state index contributed by atoms with van der Waals surface area (Å²) < 4.78 is 5.27. The lowest BCUT2D eigenvalue weighted by molar-refractivity contribution is -0.384. The zero-order chi connectivity index (χ0) is 15.0. The summed E-state index contributed by atoms with van der Waals surface area (Å²) in [6, 6.07) is 6.12. The van der Waals surface area contributed by atoms with Crippen LogP contribution in [-0.4, -0.2) is 54.8 Å². The Morgan fingerprint density at radius 1 is 1.33 bits per heavy atom. The Kier molecular flexibility index (Phi) is 3.82. The number of piperazine rings is 1. The van der Waals surface area contributed by atoms with Gasteiger partial charge in [0.1, 0.15) is 0 Å². The van der Waals surface area contributed by atoms with E-state index in [9.17, 15) is 10.1 Å². The molecule has 1 aromatic carbocycles. The van der Waals surface area contributed by atoms with Crippen molar-refractivity contribution in [1.29, 1.82) is 0 Å². The Labute approximate surface area is 124 Å². The molecule has 2 aliphatic heterocycles. The molecule has 0 amide bonds. The highest BCUT2D eigenvalue weighted by Gasteiger charge is 2.32. The van der Waals surface area contributed by atoms with Gasteiger partial charge in [0.25, 0.3) is 5.69 Å². The quantitative estimate of drug-likeness (QED) is 0.628. The maximum Gasteiger partial charge on any atom is 0.269 e. The number of nitro benzene ring substituents is 1. The van der Waals surface area contributed by atoms with E-state index in [-0.39, 0.29) is 10.6 Å². The summed E-state index contributed by atoms with van der Waals surface area (Å²) in [5, 5.41) is 10.8. The van der Waals surface area contributed by atoms with Gasteiger partial charge in [-0.25, -0.2) is 0 Å². The topological polar surface area (TPSA) is 58.9 Å². The number of aryl methyl sites for hydroxylation is 1.